The molecule has 0 radical (unpaired) electrons. The molecule has 0 aromatic heterocycles. The molecular formula is C10H19NO2. The lowest BCUT2D eigenvalue weighted by Gasteiger charge is -2.19. The molecule has 0 saturated heterocycles. The van der Waals surface area contributed by atoms with Gasteiger partial charge in [0.05, 0.1) is 7.11 Å². The first-order valence-electron chi connectivity index (χ1n) is 4.69. The Bertz CT molecular complexity index is 207. The van der Waals surface area contributed by atoms with Gasteiger partial charge in [0.15, 0.2) is 0 Å². The molecule has 0 aromatic carbocycles. The fourth-order valence-electron chi connectivity index (χ4n) is 1.75. The maximum atomic E-state index is 11.6. The van der Waals surface area contributed by atoms with E-state index in [0.29, 0.717) is 5.92 Å². The molecule has 0 N–H and O–H groups in total. The quantitative estimate of drug-likeness (QED) is 0.613. The summed E-state index contributed by atoms with van der Waals surface area (Å²) in [5.74, 6) is 0.824. The molecule has 76 valence electrons. The SMILES string of the molecule is CON(C)C(=O)[C@@H]1C[C@H]1C(C)(C)C. The Morgan fingerprint density at radius 3 is 2.31 bits per heavy atom. The first-order valence-corrected chi connectivity index (χ1v) is 4.69. The van der Waals surface area contributed by atoms with E-state index in [0.717, 1.165) is 6.42 Å². The highest BCUT2D eigenvalue weighted by Gasteiger charge is 2.50. The maximum Gasteiger partial charge on any atom is 0.249 e. The van der Waals surface area contributed by atoms with E-state index >= 15 is 0 Å². The van der Waals surface area contributed by atoms with Crippen LogP contribution in [0.4, 0.5) is 0 Å². The van der Waals surface area contributed by atoms with Crippen molar-refractivity contribution in [2.45, 2.75) is 27.2 Å². The molecule has 1 rings (SSSR count). The molecule has 0 unspecified atom stereocenters. The summed E-state index contributed by atoms with van der Waals surface area (Å²) in [6.45, 7) is 6.53. The molecule has 0 aromatic rings. The van der Waals surface area contributed by atoms with E-state index in [2.05, 4.69) is 20.8 Å². The zero-order chi connectivity index (χ0) is 10.2. The number of rotatable bonds is 2. The zero-order valence-electron chi connectivity index (χ0n) is 9.13. The van der Waals surface area contributed by atoms with E-state index in [1.807, 2.05) is 0 Å². The number of carbonyl (C=O) groups is 1. The molecule has 1 aliphatic carbocycles. The van der Waals surface area contributed by atoms with E-state index in [1.54, 1.807) is 7.05 Å². The van der Waals surface area contributed by atoms with Crippen molar-refractivity contribution in [2.75, 3.05) is 14.2 Å². The molecule has 1 fully saturated rings. The highest BCUT2D eigenvalue weighted by Crippen LogP contribution is 2.51. The van der Waals surface area contributed by atoms with Crippen molar-refractivity contribution in [3.63, 3.8) is 0 Å². The maximum absolute atomic E-state index is 11.6. The minimum Gasteiger partial charge on any atom is -0.275 e. The van der Waals surface area contributed by atoms with Gasteiger partial charge in [0.25, 0.3) is 0 Å². The van der Waals surface area contributed by atoms with Gasteiger partial charge in [0.1, 0.15) is 0 Å². The summed E-state index contributed by atoms with van der Waals surface area (Å²) < 4.78 is 0. The molecule has 1 amide bonds. The monoisotopic (exact) mass is 185 g/mol. The van der Waals surface area contributed by atoms with Gasteiger partial charge in [-0.25, -0.2) is 5.06 Å². The van der Waals surface area contributed by atoms with Crippen molar-refractivity contribution in [3.05, 3.63) is 0 Å². The van der Waals surface area contributed by atoms with Gasteiger partial charge in [-0.2, -0.15) is 0 Å². The second kappa shape index (κ2) is 3.29. The molecule has 0 bridgehead atoms. The summed E-state index contributed by atoms with van der Waals surface area (Å²) in [7, 11) is 3.19. The first-order chi connectivity index (χ1) is 5.88. The predicted molar refractivity (Wildman–Crippen MR) is 50.8 cm³/mol. The molecule has 1 saturated carbocycles. The van der Waals surface area contributed by atoms with Crippen LogP contribution in [0.15, 0.2) is 0 Å². The normalized spacial score (nSPS) is 27.2. The van der Waals surface area contributed by atoms with E-state index in [-0.39, 0.29) is 17.2 Å². The Morgan fingerprint density at radius 2 is 2.00 bits per heavy atom. The van der Waals surface area contributed by atoms with Crippen LogP contribution in [0.1, 0.15) is 27.2 Å². The average molecular weight is 185 g/mol. The molecule has 3 nitrogen and oxygen atoms in total. The molecule has 0 aliphatic heterocycles. The fraction of sp³-hybridized carbons (Fsp3) is 0.900. The topological polar surface area (TPSA) is 29.5 Å². The Labute approximate surface area is 80.0 Å². The van der Waals surface area contributed by atoms with Crippen LogP contribution < -0.4 is 0 Å². The number of hydroxylamine groups is 2. The summed E-state index contributed by atoms with van der Waals surface area (Å²) in [6.07, 6.45) is 1.01. The Morgan fingerprint density at radius 1 is 1.46 bits per heavy atom. The summed E-state index contributed by atoms with van der Waals surface area (Å²) in [4.78, 5) is 16.5. The van der Waals surface area contributed by atoms with E-state index in [9.17, 15) is 4.79 Å². The highest BCUT2D eigenvalue weighted by atomic mass is 16.7. The Kier molecular flexibility index (Phi) is 2.66. The van der Waals surface area contributed by atoms with Crippen LogP contribution in [0.2, 0.25) is 0 Å². The molecule has 0 spiro atoms. The van der Waals surface area contributed by atoms with Crippen LogP contribution in [0.3, 0.4) is 0 Å². The number of nitrogens with zero attached hydrogens (tertiary/aromatic N) is 1. The van der Waals surface area contributed by atoms with Gasteiger partial charge >= 0.3 is 0 Å². The van der Waals surface area contributed by atoms with Crippen molar-refractivity contribution in [1.29, 1.82) is 0 Å². The third kappa shape index (κ3) is 2.21. The summed E-state index contributed by atoms with van der Waals surface area (Å²) in [5, 5.41) is 1.33. The third-order valence-electron chi connectivity index (χ3n) is 2.80. The number of carbonyl (C=O) groups excluding carboxylic acids is 1. The lowest BCUT2D eigenvalue weighted by atomic mass is 9.89. The second-order valence-electron chi connectivity index (χ2n) is 4.83. The van der Waals surface area contributed by atoms with Crippen LogP contribution in [-0.4, -0.2) is 25.1 Å². The predicted octanol–water partition coefficient (Wildman–Crippen LogP) is 1.69. The highest BCUT2D eigenvalue weighted by molar-refractivity contribution is 5.80. The smallest absolute Gasteiger partial charge is 0.249 e. The van der Waals surface area contributed by atoms with Crippen molar-refractivity contribution >= 4 is 5.91 Å². The van der Waals surface area contributed by atoms with Crippen molar-refractivity contribution in [1.82, 2.24) is 5.06 Å². The van der Waals surface area contributed by atoms with E-state index in [1.165, 1.54) is 12.2 Å². The minimum atomic E-state index is 0.113. The van der Waals surface area contributed by atoms with Crippen molar-refractivity contribution < 1.29 is 9.63 Å². The summed E-state index contributed by atoms with van der Waals surface area (Å²) >= 11 is 0. The van der Waals surface area contributed by atoms with Crippen molar-refractivity contribution in [3.8, 4) is 0 Å². The zero-order valence-corrected chi connectivity index (χ0v) is 9.13. The number of amides is 1. The summed E-state index contributed by atoms with van der Waals surface area (Å²) in [5.41, 5.74) is 0.245. The average Bonchev–Trinajstić information content (AvgIpc) is 2.79. The fourth-order valence-corrected chi connectivity index (χ4v) is 1.75. The van der Waals surface area contributed by atoms with Crippen LogP contribution in [-0.2, 0) is 9.63 Å². The van der Waals surface area contributed by atoms with Gasteiger partial charge in [-0.15, -0.1) is 0 Å². The molecule has 3 heteroatoms. The molecular weight excluding hydrogens is 166 g/mol. The van der Waals surface area contributed by atoms with Gasteiger partial charge in [-0.3, -0.25) is 9.63 Å². The molecule has 1 aliphatic rings. The van der Waals surface area contributed by atoms with E-state index in [4.69, 9.17) is 4.84 Å². The minimum absolute atomic E-state index is 0.113. The van der Waals surface area contributed by atoms with Crippen LogP contribution in [0.5, 0.6) is 0 Å². The molecule has 0 heterocycles. The largest absolute Gasteiger partial charge is 0.275 e. The Hall–Kier alpha value is -0.570. The molecule has 2 atom stereocenters. The van der Waals surface area contributed by atoms with Crippen molar-refractivity contribution in [2.24, 2.45) is 17.3 Å². The van der Waals surface area contributed by atoms with Gasteiger partial charge < -0.3 is 0 Å². The van der Waals surface area contributed by atoms with Crippen LogP contribution in [0, 0.1) is 17.3 Å². The van der Waals surface area contributed by atoms with E-state index < -0.39 is 0 Å². The van der Waals surface area contributed by atoms with Gasteiger partial charge in [-0.05, 0) is 17.8 Å². The number of hydrogen-bond acceptors (Lipinski definition) is 2. The Balaban J connectivity index is 2.47. The summed E-state index contributed by atoms with van der Waals surface area (Å²) in [6, 6.07) is 0. The standard InChI is InChI=1S/C10H19NO2/c1-10(2,3)8-6-7(8)9(12)11(4)13-5/h7-8H,6H2,1-5H3/t7-,8-/m1/s1. The van der Waals surface area contributed by atoms with Gasteiger partial charge in [0, 0.05) is 13.0 Å². The van der Waals surface area contributed by atoms with Gasteiger partial charge in [0.2, 0.25) is 5.91 Å². The second-order valence-corrected chi connectivity index (χ2v) is 4.83. The molecule has 13 heavy (non-hydrogen) atoms. The lowest BCUT2D eigenvalue weighted by molar-refractivity contribution is -0.170. The number of hydrogen-bond donors (Lipinski definition) is 0. The van der Waals surface area contributed by atoms with Crippen LogP contribution in [0.25, 0.3) is 0 Å². The van der Waals surface area contributed by atoms with Crippen LogP contribution >= 0.6 is 0 Å². The first kappa shape index (κ1) is 10.5. The van der Waals surface area contributed by atoms with Gasteiger partial charge in [-0.1, -0.05) is 20.8 Å². The lowest BCUT2D eigenvalue weighted by Crippen LogP contribution is -2.28. The third-order valence-corrected chi connectivity index (χ3v) is 2.80.